The summed E-state index contributed by atoms with van der Waals surface area (Å²) in [6, 6.07) is 20.6. The fourth-order valence-electron chi connectivity index (χ4n) is 4.19. The number of rotatable bonds is 6. The monoisotopic (exact) mass is 376 g/mol. The van der Waals surface area contributed by atoms with Gasteiger partial charge in [0.25, 0.3) is 0 Å². The Morgan fingerprint density at radius 1 is 0.821 bits per heavy atom. The van der Waals surface area contributed by atoms with Crippen LogP contribution in [0.25, 0.3) is 0 Å². The van der Waals surface area contributed by atoms with Gasteiger partial charge in [0.1, 0.15) is 0 Å². The van der Waals surface area contributed by atoms with Gasteiger partial charge in [0.15, 0.2) is 0 Å². The Balaban J connectivity index is 1.19. The van der Waals surface area contributed by atoms with Gasteiger partial charge in [0, 0.05) is 38.5 Å². The second-order valence-electron chi connectivity index (χ2n) is 7.90. The normalized spacial score (nSPS) is 21.4. The Bertz CT molecular complexity index is 798. The summed E-state index contributed by atoms with van der Waals surface area (Å²) in [5.41, 5.74) is 2.55. The summed E-state index contributed by atoms with van der Waals surface area (Å²) < 4.78 is 0. The molecule has 2 aliphatic rings. The van der Waals surface area contributed by atoms with Crippen molar-refractivity contribution in [2.24, 2.45) is 5.92 Å². The van der Waals surface area contributed by atoms with Crippen LogP contribution in [-0.4, -0.2) is 47.8 Å². The second-order valence-corrected chi connectivity index (χ2v) is 7.90. The molecule has 1 aliphatic heterocycles. The van der Waals surface area contributed by atoms with E-state index in [9.17, 15) is 9.59 Å². The largest absolute Gasteiger partial charge is 0.339 e. The maximum absolute atomic E-state index is 12.8. The highest BCUT2D eigenvalue weighted by Crippen LogP contribution is 2.48. The van der Waals surface area contributed by atoms with Crippen LogP contribution in [0.1, 0.15) is 36.3 Å². The number of nitrogens with zero attached hydrogens (tertiary/aromatic N) is 2. The van der Waals surface area contributed by atoms with E-state index in [1.165, 1.54) is 11.1 Å². The SMILES string of the molecule is O=C(CCCc1ccccc1)N1CCN(C(=O)C2CC2c2ccccc2)CC1. The summed E-state index contributed by atoms with van der Waals surface area (Å²) in [5, 5.41) is 0. The molecule has 4 heteroatoms. The number of hydrogen-bond acceptors (Lipinski definition) is 2. The molecule has 1 heterocycles. The number of aryl methyl sites for hydroxylation is 1. The van der Waals surface area contributed by atoms with Gasteiger partial charge < -0.3 is 9.80 Å². The predicted octanol–water partition coefficient (Wildman–Crippen LogP) is 3.48. The first-order valence-electron chi connectivity index (χ1n) is 10.4. The highest BCUT2D eigenvalue weighted by molar-refractivity contribution is 5.83. The molecule has 2 amide bonds. The zero-order valence-corrected chi connectivity index (χ0v) is 16.3. The standard InChI is InChI=1S/C24H28N2O2/c27-23(13-7-10-19-8-3-1-4-9-19)25-14-16-26(17-15-25)24(28)22-18-21(22)20-11-5-2-6-12-20/h1-6,8-9,11-12,21-22H,7,10,13-18H2. The molecule has 1 aliphatic carbocycles. The lowest BCUT2D eigenvalue weighted by molar-refractivity contribution is -0.140. The minimum absolute atomic E-state index is 0.135. The number of piperazine rings is 1. The van der Waals surface area contributed by atoms with Gasteiger partial charge in [-0.05, 0) is 36.3 Å². The number of benzene rings is 2. The molecule has 2 aromatic carbocycles. The molecule has 2 fully saturated rings. The van der Waals surface area contributed by atoms with Crippen molar-refractivity contribution in [1.29, 1.82) is 0 Å². The van der Waals surface area contributed by atoms with Crippen molar-refractivity contribution in [3.63, 3.8) is 0 Å². The maximum atomic E-state index is 12.8. The van der Waals surface area contributed by atoms with E-state index in [1.807, 2.05) is 46.2 Å². The summed E-state index contributed by atoms with van der Waals surface area (Å²) in [4.78, 5) is 29.1. The van der Waals surface area contributed by atoms with Gasteiger partial charge in [-0.25, -0.2) is 0 Å². The van der Waals surface area contributed by atoms with Crippen LogP contribution in [0.15, 0.2) is 60.7 Å². The van der Waals surface area contributed by atoms with Crippen LogP contribution in [0.4, 0.5) is 0 Å². The van der Waals surface area contributed by atoms with Crippen molar-refractivity contribution in [2.75, 3.05) is 26.2 Å². The van der Waals surface area contributed by atoms with Crippen molar-refractivity contribution in [1.82, 2.24) is 9.80 Å². The fourth-order valence-corrected chi connectivity index (χ4v) is 4.19. The van der Waals surface area contributed by atoms with Crippen molar-refractivity contribution in [3.05, 3.63) is 71.8 Å². The van der Waals surface area contributed by atoms with Gasteiger partial charge in [0.2, 0.25) is 11.8 Å². The number of hydrogen-bond donors (Lipinski definition) is 0. The molecule has 2 atom stereocenters. The molecule has 0 spiro atoms. The van der Waals surface area contributed by atoms with E-state index >= 15 is 0 Å². The van der Waals surface area contributed by atoms with Gasteiger partial charge in [-0.15, -0.1) is 0 Å². The highest BCUT2D eigenvalue weighted by atomic mass is 16.2. The summed E-state index contributed by atoms with van der Waals surface area (Å²) >= 11 is 0. The Morgan fingerprint density at radius 2 is 1.43 bits per heavy atom. The average molecular weight is 377 g/mol. The Morgan fingerprint density at radius 3 is 2.11 bits per heavy atom. The van der Waals surface area contributed by atoms with Crippen molar-refractivity contribution in [2.45, 2.75) is 31.6 Å². The van der Waals surface area contributed by atoms with Gasteiger partial charge in [0.05, 0.1) is 0 Å². The van der Waals surface area contributed by atoms with Crippen LogP contribution in [0.5, 0.6) is 0 Å². The van der Waals surface area contributed by atoms with Gasteiger partial charge in [-0.3, -0.25) is 9.59 Å². The molecule has 0 radical (unpaired) electrons. The topological polar surface area (TPSA) is 40.6 Å². The Hall–Kier alpha value is -2.62. The second kappa shape index (κ2) is 8.59. The maximum Gasteiger partial charge on any atom is 0.226 e. The van der Waals surface area contributed by atoms with Gasteiger partial charge >= 0.3 is 0 Å². The predicted molar refractivity (Wildman–Crippen MR) is 110 cm³/mol. The third-order valence-corrected chi connectivity index (χ3v) is 5.98. The van der Waals surface area contributed by atoms with Gasteiger partial charge in [-0.1, -0.05) is 60.7 Å². The zero-order chi connectivity index (χ0) is 19.3. The van der Waals surface area contributed by atoms with E-state index in [4.69, 9.17) is 0 Å². The first-order chi connectivity index (χ1) is 13.7. The fraction of sp³-hybridized carbons (Fsp3) is 0.417. The van der Waals surface area contributed by atoms with Crippen molar-refractivity contribution < 1.29 is 9.59 Å². The van der Waals surface area contributed by atoms with Crippen LogP contribution in [0.3, 0.4) is 0 Å². The van der Waals surface area contributed by atoms with E-state index in [2.05, 4.69) is 24.3 Å². The van der Waals surface area contributed by atoms with Gasteiger partial charge in [-0.2, -0.15) is 0 Å². The highest BCUT2D eigenvalue weighted by Gasteiger charge is 2.46. The quantitative estimate of drug-likeness (QED) is 0.774. The van der Waals surface area contributed by atoms with Crippen LogP contribution in [0.2, 0.25) is 0 Å². The summed E-state index contributed by atoms with van der Waals surface area (Å²) in [6.45, 7) is 2.67. The van der Waals surface area contributed by atoms with Crippen LogP contribution in [-0.2, 0) is 16.0 Å². The smallest absolute Gasteiger partial charge is 0.226 e. The Labute approximate surface area is 167 Å². The number of carbonyl (C=O) groups is 2. The molecule has 1 saturated heterocycles. The summed E-state index contributed by atoms with van der Waals surface area (Å²) in [6.07, 6.45) is 3.36. The zero-order valence-electron chi connectivity index (χ0n) is 16.3. The minimum atomic E-state index is 0.135. The van der Waals surface area contributed by atoms with Crippen LogP contribution in [0, 0.1) is 5.92 Å². The minimum Gasteiger partial charge on any atom is -0.339 e. The van der Waals surface area contributed by atoms with E-state index in [0.29, 0.717) is 38.5 Å². The first kappa shape index (κ1) is 18.7. The van der Waals surface area contributed by atoms with E-state index in [-0.39, 0.29) is 17.7 Å². The molecule has 4 nitrogen and oxygen atoms in total. The lowest BCUT2D eigenvalue weighted by Crippen LogP contribution is -2.51. The third kappa shape index (κ3) is 4.44. The summed E-state index contributed by atoms with van der Waals surface area (Å²) in [5.74, 6) is 1.00. The molecule has 0 bridgehead atoms. The molecule has 0 aromatic heterocycles. The van der Waals surface area contributed by atoms with Crippen molar-refractivity contribution in [3.8, 4) is 0 Å². The Kier molecular flexibility index (Phi) is 5.75. The molecule has 146 valence electrons. The van der Waals surface area contributed by atoms with Crippen LogP contribution < -0.4 is 0 Å². The number of carbonyl (C=O) groups excluding carboxylic acids is 2. The lowest BCUT2D eigenvalue weighted by atomic mass is 10.1. The lowest BCUT2D eigenvalue weighted by Gasteiger charge is -2.35. The molecule has 0 N–H and O–H groups in total. The molecule has 4 rings (SSSR count). The average Bonchev–Trinajstić information content (AvgIpc) is 3.56. The summed E-state index contributed by atoms with van der Waals surface area (Å²) in [7, 11) is 0. The van der Waals surface area contributed by atoms with E-state index in [1.54, 1.807) is 0 Å². The van der Waals surface area contributed by atoms with E-state index in [0.717, 1.165) is 19.3 Å². The molecule has 1 saturated carbocycles. The molecule has 2 aromatic rings. The molecular weight excluding hydrogens is 348 g/mol. The van der Waals surface area contributed by atoms with E-state index < -0.39 is 0 Å². The molecule has 28 heavy (non-hydrogen) atoms. The third-order valence-electron chi connectivity index (χ3n) is 5.98. The molecular formula is C24H28N2O2. The number of amides is 2. The van der Waals surface area contributed by atoms with Crippen LogP contribution >= 0.6 is 0 Å². The van der Waals surface area contributed by atoms with Crippen molar-refractivity contribution >= 4 is 11.8 Å². The molecule has 2 unspecified atom stereocenters. The first-order valence-corrected chi connectivity index (χ1v) is 10.4.